The Morgan fingerprint density at radius 3 is 2.40 bits per heavy atom. The third-order valence-electron chi connectivity index (χ3n) is 1.97. The Labute approximate surface area is 99.4 Å². The van der Waals surface area contributed by atoms with Crippen molar-refractivity contribution in [2.75, 3.05) is 6.61 Å². The van der Waals surface area contributed by atoms with Crippen LogP contribution in [0.4, 0.5) is 0 Å². The number of hydrogen-bond acceptors (Lipinski definition) is 3. The molecular weight excluding hydrogens is 256 g/mol. The first kappa shape index (κ1) is 12.4. The van der Waals surface area contributed by atoms with Crippen molar-refractivity contribution in [2.45, 2.75) is 27.2 Å². The fourth-order valence-electron chi connectivity index (χ4n) is 1.46. The Morgan fingerprint density at radius 2 is 1.87 bits per heavy atom. The van der Waals surface area contributed by atoms with E-state index in [0.717, 1.165) is 10.9 Å². The van der Waals surface area contributed by atoms with Crippen molar-refractivity contribution in [3.05, 3.63) is 16.9 Å². The van der Waals surface area contributed by atoms with Gasteiger partial charge in [0.2, 0.25) is 0 Å². The highest BCUT2D eigenvalue weighted by Crippen LogP contribution is 2.13. The summed E-state index contributed by atoms with van der Waals surface area (Å²) in [5, 5.41) is 0. The summed E-state index contributed by atoms with van der Waals surface area (Å²) < 4.78 is 6.35. The lowest BCUT2D eigenvalue weighted by atomic mass is 10.00. The molecule has 0 saturated heterocycles. The zero-order chi connectivity index (χ0) is 11.3. The molecule has 84 valence electrons. The average Bonchev–Trinajstić information content (AvgIpc) is 2.16. The largest absolute Gasteiger partial charge is 0.463 e. The first-order chi connectivity index (χ1) is 7.08. The van der Waals surface area contributed by atoms with Crippen molar-refractivity contribution in [2.24, 2.45) is 11.8 Å². The lowest BCUT2D eigenvalue weighted by molar-refractivity contribution is 0.223. The SMILES string of the molecule is CC(C)C[C@H](C)COc1ncc(Br)cn1. The maximum Gasteiger partial charge on any atom is 0.316 e. The summed E-state index contributed by atoms with van der Waals surface area (Å²) in [4.78, 5) is 8.10. The van der Waals surface area contributed by atoms with Crippen LogP contribution >= 0.6 is 15.9 Å². The van der Waals surface area contributed by atoms with Crippen LogP contribution in [0.5, 0.6) is 6.01 Å². The topological polar surface area (TPSA) is 35.0 Å². The molecule has 0 amide bonds. The molecule has 1 aromatic rings. The van der Waals surface area contributed by atoms with Crippen LogP contribution in [0.1, 0.15) is 27.2 Å². The second kappa shape index (κ2) is 6.05. The molecule has 1 aromatic heterocycles. The van der Waals surface area contributed by atoms with Crippen LogP contribution in [0.3, 0.4) is 0 Å². The molecular formula is C11H17BrN2O. The first-order valence-corrected chi connectivity index (χ1v) is 5.97. The quantitative estimate of drug-likeness (QED) is 0.825. The minimum absolute atomic E-state index is 0.453. The molecule has 0 saturated carbocycles. The monoisotopic (exact) mass is 272 g/mol. The highest BCUT2D eigenvalue weighted by Gasteiger charge is 2.06. The normalized spacial score (nSPS) is 12.9. The average molecular weight is 273 g/mol. The minimum atomic E-state index is 0.453. The molecule has 1 rings (SSSR count). The second-order valence-corrected chi connectivity index (χ2v) is 5.15. The van der Waals surface area contributed by atoms with E-state index in [1.807, 2.05) is 0 Å². The molecule has 0 radical (unpaired) electrons. The second-order valence-electron chi connectivity index (χ2n) is 4.23. The van der Waals surface area contributed by atoms with Gasteiger partial charge in [0.25, 0.3) is 0 Å². The zero-order valence-electron chi connectivity index (χ0n) is 9.40. The minimum Gasteiger partial charge on any atom is -0.463 e. The number of rotatable bonds is 5. The standard InChI is InChI=1S/C11H17BrN2O/c1-8(2)4-9(3)7-15-11-13-5-10(12)6-14-11/h5-6,8-9H,4,7H2,1-3H3/t9-/m0/s1. The van der Waals surface area contributed by atoms with Crippen molar-refractivity contribution in [1.82, 2.24) is 9.97 Å². The van der Waals surface area contributed by atoms with Crippen molar-refractivity contribution >= 4 is 15.9 Å². The van der Waals surface area contributed by atoms with Gasteiger partial charge in [-0.15, -0.1) is 0 Å². The molecule has 0 bridgehead atoms. The molecule has 1 atom stereocenters. The molecule has 0 unspecified atom stereocenters. The lowest BCUT2D eigenvalue weighted by Gasteiger charge is -2.13. The van der Waals surface area contributed by atoms with Crippen molar-refractivity contribution in [3.8, 4) is 6.01 Å². The van der Waals surface area contributed by atoms with Crippen LogP contribution in [0.15, 0.2) is 16.9 Å². The molecule has 0 aromatic carbocycles. The van der Waals surface area contributed by atoms with E-state index in [2.05, 4.69) is 46.7 Å². The highest BCUT2D eigenvalue weighted by atomic mass is 79.9. The summed E-state index contributed by atoms with van der Waals surface area (Å²) in [6.45, 7) is 7.29. The maximum atomic E-state index is 5.48. The molecule has 0 aliphatic heterocycles. The van der Waals surface area contributed by atoms with E-state index in [-0.39, 0.29) is 0 Å². The van der Waals surface area contributed by atoms with E-state index in [1.54, 1.807) is 12.4 Å². The molecule has 1 heterocycles. The van der Waals surface area contributed by atoms with Crippen LogP contribution in [-0.2, 0) is 0 Å². The van der Waals surface area contributed by atoms with Crippen LogP contribution in [0.2, 0.25) is 0 Å². The summed E-state index contributed by atoms with van der Waals surface area (Å²) in [5.74, 6) is 1.24. The predicted molar refractivity (Wildman–Crippen MR) is 63.8 cm³/mol. The van der Waals surface area contributed by atoms with E-state index in [0.29, 0.717) is 24.5 Å². The van der Waals surface area contributed by atoms with Crippen LogP contribution in [0.25, 0.3) is 0 Å². The van der Waals surface area contributed by atoms with Crippen LogP contribution in [-0.4, -0.2) is 16.6 Å². The Kier molecular flexibility index (Phi) is 5.02. The highest BCUT2D eigenvalue weighted by molar-refractivity contribution is 9.10. The van der Waals surface area contributed by atoms with Gasteiger partial charge in [-0.1, -0.05) is 20.8 Å². The summed E-state index contributed by atoms with van der Waals surface area (Å²) in [5.41, 5.74) is 0. The fourth-order valence-corrected chi connectivity index (χ4v) is 1.67. The summed E-state index contributed by atoms with van der Waals surface area (Å²) >= 11 is 3.28. The Morgan fingerprint density at radius 1 is 1.27 bits per heavy atom. The Hall–Kier alpha value is -0.640. The zero-order valence-corrected chi connectivity index (χ0v) is 11.0. The number of nitrogens with zero attached hydrogens (tertiary/aromatic N) is 2. The summed E-state index contributed by atoms with van der Waals surface area (Å²) in [6, 6.07) is 0.453. The van der Waals surface area contributed by atoms with E-state index in [4.69, 9.17) is 4.74 Å². The van der Waals surface area contributed by atoms with Gasteiger partial charge in [0.15, 0.2) is 0 Å². The molecule has 0 fully saturated rings. The molecule has 4 heteroatoms. The Bertz CT molecular complexity index is 287. The van der Waals surface area contributed by atoms with Gasteiger partial charge in [-0.25, -0.2) is 9.97 Å². The number of ether oxygens (including phenoxy) is 1. The van der Waals surface area contributed by atoms with Crippen LogP contribution < -0.4 is 4.74 Å². The third kappa shape index (κ3) is 5.11. The van der Waals surface area contributed by atoms with Gasteiger partial charge in [0, 0.05) is 12.4 Å². The van der Waals surface area contributed by atoms with Crippen molar-refractivity contribution < 1.29 is 4.74 Å². The fraction of sp³-hybridized carbons (Fsp3) is 0.636. The van der Waals surface area contributed by atoms with Crippen molar-refractivity contribution in [1.29, 1.82) is 0 Å². The van der Waals surface area contributed by atoms with E-state index < -0.39 is 0 Å². The smallest absolute Gasteiger partial charge is 0.316 e. The number of aromatic nitrogens is 2. The van der Waals surface area contributed by atoms with E-state index in [1.165, 1.54) is 0 Å². The number of halogens is 1. The van der Waals surface area contributed by atoms with Gasteiger partial charge in [0.05, 0.1) is 11.1 Å². The molecule has 0 aliphatic carbocycles. The van der Waals surface area contributed by atoms with Crippen molar-refractivity contribution in [3.63, 3.8) is 0 Å². The molecule has 0 spiro atoms. The predicted octanol–water partition coefficient (Wildman–Crippen LogP) is 3.30. The van der Waals surface area contributed by atoms with Crippen LogP contribution in [0, 0.1) is 11.8 Å². The first-order valence-electron chi connectivity index (χ1n) is 5.18. The summed E-state index contributed by atoms with van der Waals surface area (Å²) in [6.07, 6.45) is 4.54. The van der Waals surface area contributed by atoms with E-state index >= 15 is 0 Å². The molecule has 0 N–H and O–H groups in total. The van der Waals surface area contributed by atoms with Gasteiger partial charge in [0.1, 0.15) is 0 Å². The number of hydrogen-bond donors (Lipinski definition) is 0. The van der Waals surface area contributed by atoms with Gasteiger partial charge >= 0.3 is 6.01 Å². The molecule has 3 nitrogen and oxygen atoms in total. The maximum absolute atomic E-state index is 5.48. The molecule has 15 heavy (non-hydrogen) atoms. The lowest BCUT2D eigenvalue weighted by Crippen LogP contribution is -2.12. The van der Waals surface area contributed by atoms with Gasteiger partial charge in [-0.3, -0.25) is 0 Å². The van der Waals surface area contributed by atoms with Gasteiger partial charge in [-0.05, 0) is 34.2 Å². The van der Waals surface area contributed by atoms with Gasteiger partial charge < -0.3 is 4.74 Å². The molecule has 0 aliphatic rings. The van der Waals surface area contributed by atoms with E-state index in [9.17, 15) is 0 Å². The third-order valence-corrected chi connectivity index (χ3v) is 2.38. The summed E-state index contributed by atoms with van der Waals surface area (Å²) in [7, 11) is 0. The Balaban J connectivity index is 2.33. The van der Waals surface area contributed by atoms with Gasteiger partial charge in [-0.2, -0.15) is 0 Å².